The fraction of sp³-hybridized carbons (Fsp3) is 0.857. The van der Waals surface area contributed by atoms with E-state index in [1.165, 1.54) is 62.7 Å². The Hall–Kier alpha value is -1.76. The first-order valence-electron chi connectivity index (χ1n) is 14.1. The molecule has 0 radical (unpaired) electrons. The molecule has 1 saturated heterocycles. The topological polar surface area (TPSA) is 110 Å². The molecule has 1 rings (SSSR count). The third-order valence-corrected chi connectivity index (χ3v) is 6.21. The van der Waals surface area contributed by atoms with Crippen LogP contribution in [0.3, 0.4) is 0 Å². The van der Waals surface area contributed by atoms with Gasteiger partial charge >= 0.3 is 0 Å². The maximum Gasteiger partial charge on any atom is 0.234 e. The largest absolute Gasteiger partial charge is 0.368 e. The zero-order valence-electron chi connectivity index (χ0n) is 23.4. The Labute approximate surface area is 215 Å². The van der Waals surface area contributed by atoms with Gasteiger partial charge in [-0.2, -0.15) is 0 Å². The third kappa shape index (κ3) is 19.1. The number of aldehydes is 1. The van der Waals surface area contributed by atoms with Crippen LogP contribution in [0.1, 0.15) is 130 Å². The van der Waals surface area contributed by atoms with Crippen molar-refractivity contribution in [2.24, 2.45) is 11.7 Å². The van der Waals surface area contributed by atoms with Crippen molar-refractivity contribution >= 4 is 24.0 Å². The van der Waals surface area contributed by atoms with Crippen LogP contribution in [0.5, 0.6) is 0 Å². The molecule has 0 aliphatic carbocycles. The van der Waals surface area contributed by atoms with E-state index in [2.05, 4.69) is 12.2 Å². The molecule has 206 valence electrons. The summed E-state index contributed by atoms with van der Waals surface area (Å²) in [5.74, 6) is -0.473. The van der Waals surface area contributed by atoms with Crippen molar-refractivity contribution in [3.05, 3.63) is 0 Å². The number of carbonyl (C=O) groups excluding carboxylic acids is 4. The SMILES string of the molecule is CC.CC1CC(=O)N(CCCCCC=O)C1=O.CCCCCCCCCCCCC(NC)C(N)=O. The zero-order chi connectivity index (χ0) is 26.9. The number of primary amides is 1. The van der Waals surface area contributed by atoms with Crippen LogP contribution in [0, 0.1) is 5.92 Å². The van der Waals surface area contributed by atoms with Crippen LogP contribution in [-0.4, -0.2) is 48.5 Å². The number of hydrogen-bond acceptors (Lipinski definition) is 5. The molecular formula is C28H55N3O4. The quantitative estimate of drug-likeness (QED) is 0.138. The Balaban J connectivity index is 0. The molecule has 2 unspecified atom stereocenters. The number of nitrogens with one attached hydrogen (secondary N) is 1. The Kier molecular flexibility index (Phi) is 25.6. The Morgan fingerprint density at radius 2 is 1.49 bits per heavy atom. The van der Waals surface area contributed by atoms with E-state index in [-0.39, 0.29) is 29.7 Å². The molecule has 35 heavy (non-hydrogen) atoms. The van der Waals surface area contributed by atoms with E-state index >= 15 is 0 Å². The Morgan fingerprint density at radius 3 is 1.91 bits per heavy atom. The van der Waals surface area contributed by atoms with Crippen molar-refractivity contribution in [2.45, 2.75) is 136 Å². The first kappa shape index (κ1) is 35.4. The van der Waals surface area contributed by atoms with Gasteiger partial charge in [0.1, 0.15) is 6.29 Å². The number of hydrogen-bond donors (Lipinski definition) is 2. The molecule has 2 atom stereocenters. The van der Waals surface area contributed by atoms with Crippen LogP contribution in [0.15, 0.2) is 0 Å². The second-order valence-electron chi connectivity index (χ2n) is 9.22. The van der Waals surface area contributed by atoms with E-state index < -0.39 is 0 Å². The minimum Gasteiger partial charge on any atom is -0.368 e. The molecule has 1 fully saturated rings. The van der Waals surface area contributed by atoms with Crippen molar-refractivity contribution in [3.8, 4) is 0 Å². The highest BCUT2D eigenvalue weighted by molar-refractivity contribution is 6.03. The number of carbonyl (C=O) groups is 4. The van der Waals surface area contributed by atoms with E-state index in [9.17, 15) is 19.2 Å². The van der Waals surface area contributed by atoms with Crippen molar-refractivity contribution in [2.75, 3.05) is 13.6 Å². The summed E-state index contributed by atoms with van der Waals surface area (Å²) in [7, 11) is 1.80. The average Bonchev–Trinajstić information content (AvgIpc) is 3.09. The third-order valence-electron chi connectivity index (χ3n) is 6.21. The molecule has 3 amide bonds. The van der Waals surface area contributed by atoms with Gasteiger partial charge in [-0.3, -0.25) is 19.3 Å². The summed E-state index contributed by atoms with van der Waals surface area (Å²) < 4.78 is 0. The maximum atomic E-state index is 11.5. The fourth-order valence-corrected chi connectivity index (χ4v) is 4.02. The fourth-order valence-electron chi connectivity index (χ4n) is 4.02. The van der Waals surface area contributed by atoms with Gasteiger partial charge in [-0.15, -0.1) is 0 Å². The highest BCUT2D eigenvalue weighted by Gasteiger charge is 2.34. The first-order valence-corrected chi connectivity index (χ1v) is 14.1. The van der Waals surface area contributed by atoms with E-state index in [0.717, 1.165) is 38.4 Å². The number of nitrogens with zero attached hydrogens (tertiary/aromatic N) is 1. The lowest BCUT2D eigenvalue weighted by Crippen LogP contribution is -2.38. The Bertz CT molecular complexity index is 554. The molecule has 0 bridgehead atoms. The molecule has 0 aromatic rings. The molecule has 1 heterocycles. The molecule has 0 saturated carbocycles. The van der Waals surface area contributed by atoms with Gasteiger partial charge < -0.3 is 15.8 Å². The summed E-state index contributed by atoms with van der Waals surface area (Å²) in [6.07, 6.45) is 18.5. The molecular weight excluding hydrogens is 442 g/mol. The van der Waals surface area contributed by atoms with Crippen LogP contribution >= 0.6 is 0 Å². The molecule has 7 heteroatoms. The van der Waals surface area contributed by atoms with Gasteiger partial charge in [0.25, 0.3) is 0 Å². The van der Waals surface area contributed by atoms with E-state index in [1.54, 1.807) is 14.0 Å². The number of rotatable bonds is 19. The predicted molar refractivity (Wildman–Crippen MR) is 145 cm³/mol. The van der Waals surface area contributed by atoms with Crippen molar-refractivity contribution in [3.63, 3.8) is 0 Å². The summed E-state index contributed by atoms with van der Waals surface area (Å²) in [5.41, 5.74) is 5.27. The molecule has 0 aromatic heterocycles. The minimum atomic E-state index is -0.228. The van der Waals surface area contributed by atoms with Gasteiger partial charge in [-0.1, -0.05) is 98.3 Å². The van der Waals surface area contributed by atoms with Gasteiger partial charge in [-0.25, -0.2) is 0 Å². The van der Waals surface area contributed by atoms with Crippen LogP contribution in [0.25, 0.3) is 0 Å². The van der Waals surface area contributed by atoms with Gasteiger partial charge in [0.05, 0.1) is 6.04 Å². The van der Waals surface area contributed by atoms with Crippen molar-refractivity contribution in [1.29, 1.82) is 0 Å². The summed E-state index contributed by atoms with van der Waals surface area (Å²) in [5, 5.41) is 2.96. The Morgan fingerprint density at radius 1 is 0.971 bits per heavy atom. The zero-order valence-corrected chi connectivity index (χ0v) is 23.4. The lowest BCUT2D eigenvalue weighted by Gasteiger charge is -2.13. The number of imide groups is 1. The summed E-state index contributed by atoms with van der Waals surface area (Å²) >= 11 is 0. The second kappa shape index (κ2) is 25.3. The lowest BCUT2D eigenvalue weighted by atomic mass is 10.0. The highest BCUT2D eigenvalue weighted by atomic mass is 16.2. The number of likely N-dealkylation sites (tertiary alicyclic amines) is 1. The standard InChI is InChI=1S/C15H32N2O.C11H17NO3.C2H6/c1-3-4-5-6-7-8-9-10-11-12-13-14(17-2)15(16)18;1-9-8-10(14)12(11(9)15)6-4-2-3-5-7-13;1-2/h14,17H,3-13H2,1-2H3,(H2,16,18);7,9H,2-6,8H2,1H3;1-2H3. The normalized spacial score (nSPS) is 15.7. The highest BCUT2D eigenvalue weighted by Crippen LogP contribution is 2.19. The summed E-state index contributed by atoms with van der Waals surface area (Å²) in [6.45, 7) is 8.55. The average molecular weight is 498 g/mol. The minimum absolute atomic E-state index is 0.0459. The number of likely N-dealkylation sites (N-methyl/N-ethyl adjacent to an activating group) is 1. The van der Waals surface area contributed by atoms with Crippen LogP contribution in [-0.2, 0) is 19.2 Å². The predicted octanol–water partition coefficient (Wildman–Crippen LogP) is 5.54. The maximum absolute atomic E-state index is 11.5. The number of amides is 3. The van der Waals surface area contributed by atoms with Crippen LogP contribution in [0.2, 0.25) is 0 Å². The van der Waals surface area contributed by atoms with Gasteiger partial charge in [0.2, 0.25) is 17.7 Å². The van der Waals surface area contributed by atoms with Crippen molar-refractivity contribution in [1.82, 2.24) is 10.2 Å². The van der Waals surface area contributed by atoms with E-state index in [4.69, 9.17) is 5.73 Å². The number of nitrogens with two attached hydrogens (primary N) is 1. The van der Waals surface area contributed by atoms with Crippen LogP contribution in [0.4, 0.5) is 0 Å². The molecule has 0 aromatic carbocycles. The smallest absolute Gasteiger partial charge is 0.234 e. The van der Waals surface area contributed by atoms with E-state index in [1.807, 2.05) is 13.8 Å². The summed E-state index contributed by atoms with van der Waals surface area (Å²) in [6, 6.07) is -0.140. The molecule has 1 aliphatic heterocycles. The lowest BCUT2D eigenvalue weighted by molar-refractivity contribution is -0.139. The van der Waals surface area contributed by atoms with Gasteiger partial charge in [-0.05, 0) is 26.3 Å². The molecule has 0 spiro atoms. The summed E-state index contributed by atoms with van der Waals surface area (Å²) in [4.78, 5) is 45.2. The molecule has 1 aliphatic rings. The molecule has 7 nitrogen and oxygen atoms in total. The molecule has 3 N–H and O–H groups in total. The van der Waals surface area contributed by atoms with Gasteiger partial charge in [0, 0.05) is 25.3 Å². The number of unbranched alkanes of at least 4 members (excludes halogenated alkanes) is 12. The van der Waals surface area contributed by atoms with Crippen LogP contribution < -0.4 is 11.1 Å². The van der Waals surface area contributed by atoms with Crippen molar-refractivity contribution < 1.29 is 19.2 Å². The monoisotopic (exact) mass is 497 g/mol. The van der Waals surface area contributed by atoms with E-state index in [0.29, 0.717) is 19.4 Å². The first-order chi connectivity index (χ1) is 16.9. The second-order valence-corrected chi connectivity index (χ2v) is 9.22. The van der Waals surface area contributed by atoms with Gasteiger partial charge in [0.15, 0.2) is 0 Å².